The van der Waals surface area contributed by atoms with Gasteiger partial charge in [-0.05, 0) is 78.3 Å². The van der Waals surface area contributed by atoms with Crippen LogP contribution in [0.25, 0.3) is 11.0 Å². The monoisotopic (exact) mass is 447 g/mol. The zero-order valence-electron chi connectivity index (χ0n) is 20.6. The summed E-state index contributed by atoms with van der Waals surface area (Å²) < 4.78 is 2.39. The van der Waals surface area contributed by atoms with Crippen LogP contribution in [-0.2, 0) is 11.2 Å². The maximum atomic E-state index is 11.0. The van der Waals surface area contributed by atoms with E-state index in [1.165, 1.54) is 12.0 Å². The molecule has 0 spiro atoms. The minimum absolute atomic E-state index is 0.133. The molecule has 3 aromatic rings. The average Bonchev–Trinajstić information content (AvgIpc) is 3.08. The maximum absolute atomic E-state index is 11.0. The van der Waals surface area contributed by atoms with Crippen molar-refractivity contribution in [2.75, 3.05) is 5.32 Å². The predicted molar refractivity (Wildman–Crippen MR) is 135 cm³/mol. The van der Waals surface area contributed by atoms with E-state index in [1.807, 2.05) is 0 Å². The van der Waals surface area contributed by atoms with Crippen LogP contribution in [0.4, 0.5) is 11.6 Å². The van der Waals surface area contributed by atoms with Crippen molar-refractivity contribution < 1.29 is 9.90 Å². The summed E-state index contributed by atoms with van der Waals surface area (Å²) in [6.45, 7) is 11.5. The Bertz CT molecular complexity index is 1130. The Morgan fingerprint density at radius 3 is 2.55 bits per heavy atom. The molecule has 5 nitrogen and oxygen atoms in total. The Balaban J connectivity index is 1.74. The van der Waals surface area contributed by atoms with Crippen LogP contribution in [0.15, 0.2) is 42.5 Å². The molecule has 0 radical (unpaired) electrons. The van der Waals surface area contributed by atoms with E-state index < -0.39 is 5.97 Å². The van der Waals surface area contributed by atoms with E-state index in [1.54, 1.807) is 0 Å². The zero-order chi connectivity index (χ0) is 23.8. The Morgan fingerprint density at radius 1 is 1.18 bits per heavy atom. The topological polar surface area (TPSA) is 67.2 Å². The number of rotatable bonds is 7. The lowest BCUT2D eigenvalue weighted by molar-refractivity contribution is -0.136. The molecule has 1 aromatic heterocycles. The van der Waals surface area contributed by atoms with Gasteiger partial charge in [-0.25, -0.2) is 4.98 Å². The first-order chi connectivity index (χ1) is 15.6. The molecule has 176 valence electrons. The molecule has 4 rings (SSSR count). The highest BCUT2D eigenvalue weighted by Crippen LogP contribution is 2.46. The van der Waals surface area contributed by atoms with Crippen LogP contribution in [0.5, 0.6) is 0 Å². The van der Waals surface area contributed by atoms with Gasteiger partial charge in [-0.15, -0.1) is 0 Å². The van der Waals surface area contributed by atoms with Gasteiger partial charge in [-0.1, -0.05) is 52.8 Å². The van der Waals surface area contributed by atoms with Gasteiger partial charge in [0.25, 0.3) is 0 Å². The smallest absolute Gasteiger partial charge is 0.303 e. The number of hydrogen-bond donors (Lipinski definition) is 2. The number of aromatic nitrogens is 2. The summed E-state index contributed by atoms with van der Waals surface area (Å²) in [5, 5.41) is 12.7. The molecule has 1 aliphatic rings. The van der Waals surface area contributed by atoms with Crippen LogP contribution in [0, 0.1) is 11.3 Å². The third-order valence-corrected chi connectivity index (χ3v) is 6.94. The molecule has 1 aliphatic carbocycles. The van der Waals surface area contributed by atoms with E-state index in [2.05, 4.69) is 87.0 Å². The highest BCUT2D eigenvalue weighted by atomic mass is 16.4. The third kappa shape index (κ3) is 5.40. The fraction of sp³-hybridized carbons (Fsp3) is 0.500. The number of carboxylic acids is 1. The molecular weight excluding hydrogens is 410 g/mol. The summed E-state index contributed by atoms with van der Waals surface area (Å²) in [4.78, 5) is 16.0. The molecule has 0 saturated heterocycles. The molecule has 2 aromatic carbocycles. The second kappa shape index (κ2) is 9.20. The molecule has 1 heterocycles. The molecule has 1 fully saturated rings. The van der Waals surface area contributed by atoms with Crippen LogP contribution in [0.1, 0.15) is 83.4 Å². The third-order valence-electron chi connectivity index (χ3n) is 6.94. The van der Waals surface area contributed by atoms with Gasteiger partial charge in [-0.3, -0.25) is 4.79 Å². The number of anilines is 2. The van der Waals surface area contributed by atoms with Crippen LogP contribution in [-0.4, -0.2) is 20.6 Å². The van der Waals surface area contributed by atoms with E-state index in [4.69, 9.17) is 10.1 Å². The number of aliphatic carboxylic acids is 1. The van der Waals surface area contributed by atoms with Gasteiger partial charge in [0.15, 0.2) is 0 Å². The highest BCUT2D eigenvalue weighted by molar-refractivity contribution is 5.81. The average molecular weight is 448 g/mol. The highest BCUT2D eigenvalue weighted by Gasteiger charge is 2.34. The van der Waals surface area contributed by atoms with Crippen LogP contribution >= 0.6 is 0 Å². The van der Waals surface area contributed by atoms with E-state index in [9.17, 15) is 4.79 Å². The molecule has 2 atom stereocenters. The molecule has 5 heteroatoms. The normalized spacial score (nSPS) is 20.3. The first-order valence-corrected chi connectivity index (χ1v) is 12.2. The summed E-state index contributed by atoms with van der Waals surface area (Å²) in [7, 11) is 0. The second-order valence-electron chi connectivity index (χ2n) is 11.0. The van der Waals surface area contributed by atoms with Crippen molar-refractivity contribution in [3.05, 3.63) is 53.6 Å². The molecule has 1 saturated carbocycles. The molecular formula is C28H37N3O2. The maximum Gasteiger partial charge on any atom is 0.303 e. The number of carbonyl (C=O) groups is 1. The number of nitrogens with zero attached hydrogens (tertiary/aromatic N) is 2. The molecule has 1 unspecified atom stereocenters. The molecule has 0 bridgehead atoms. The lowest BCUT2D eigenvalue weighted by Gasteiger charge is -2.40. The van der Waals surface area contributed by atoms with Crippen LogP contribution in [0.3, 0.4) is 0 Å². The Morgan fingerprint density at radius 2 is 1.91 bits per heavy atom. The van der Waals surface area contributed by atoms with E-state index in [-0.39, 0.29) is 11.8 Å². The van der Waals surface area contributed by atoms with Crippen molar-refractivity contribution in [3.63, 3.8) is 0 Å². The number of nitrogens with one attached hydrogen (secondary N) is 1. The predicted octanol–water partition coefficient (Wildman–Crippen LogP) is 7.31. The summed E-state index contributed by atoms with van der Waals surface area (Å²) in [5.74, 6) is 1.25. The standard InChI is InChI=1S/C28H37N3O2/c1-18(2)21-8-10-22(11-9-21)29-27-30-24-15-20(7-13-26(32)33)6-12-25(24)31(27)23-14-19(3)16-28(4,5)17-23/h6,8-12,15,18-19,23H,7,13-14,16-17H2,1-5H3,(H,29,30)(H,32,33)/t19?,23-/m0/s1. The number of carboxylic acid groups (broad SMARTS) is 1. The van der Waals surface area contributed by atoms with Crippen LogP contribution in [0.2, 0.25) is 0 Å². The number of hydrogen-bond acceptors (Lipinski definition) is 3. The minimum Gasteiger partial charge on any atom is -0.481 e. The van der Waals surface area contributed by atoms with E-state index in [0.29, 0.717) is 24.3 Å². The van der Waals surface area contributed by atoms with Gasteiger partial charge in [0.05, 0.1) is 11.0 Å². The molecule has 33 heavy (non-hydrogen) atoms. The van der Waals surface area contributed by atoms with Crippen molar-refractivity contribution in [2.45, 2.75) is 78.7 Å². The summed E-state index contributed by atoms with van der Waals surface area (Å²) in [6.07, 6.45) is 4.15. The Kier molecular flexibility index (Phi) is 6.51. The number of benzene rings is 2. The summed E-state index contributed by atoms with van der Waals surface area (Å²) >= 11 is 0. The van der Waals surface area contributed by atoms with Gasteiger partial charge in [0.1, 0.15) is 0 Å². The molecule has 2 N–H and O–H groups in total. The molecule has 0 aliphatic heterocycles. The van der Waals surface area contributed by atoms with Crippen molar-refractivity contribution in [2.24, 2.45) is 11.3 Å². The first-order valence-electron chi connectivity index (χ1n) is 12.2. The minimum atomic E-state index is -0.772. The van der Waals surface area contributed by atoms with Gasteiger partial charge < -0.3 is 15.0 Å². The SMILES string of the molecule is CC1C[C@H](n2c(Nc3ccc(C(C)C)cc3)nc3cc(CCC(=O)O)ccc32)CC(C)(C)C1. The first kappa shape index (κ1) is 23.3. The summed E-state index contributed by atoms with van der Waals surface area (Å²) in [6, 6.07) is 15.2. The van der Waals surface area contributed by atoms with Crippen molar-refractivity contribution in [3.8, 4) is 0 Å². The van der Waals surface area contributed by atoms with Gasteiger partial charge in [-0.2, -0.15) is 0 Å². The van der Waals surface area contributed by atoms with Gasteiger partial charge in [0.2, 0.25) is 5.95 Å². The lowest BCUT2D eigenvalue weighted by Crippen LogP contribution is -2.29. The largest absolute Gasteiger partial charge is 0.481 e. The number of fused-ring (bicyclic) bond motifs is 1. The van der Waals surface area contributed by atoms with Gasteiger partial charge in [0, 0.05) is 18.2 Å². The quantitative estimate of drug-likeness (QED) is 0.398. The number of aryl methyl sites for hydroxylation is 1. The Hall–Kier alpha value is -2.82. The van der Waals surface area contributed by atoms with Gasteiger partial charge >= 0.3 is 5.97 Å². The molecule has 0 amide bonds. The van der Waals surface area contributed by atoms with Crippen molar-refractivity contribution >= 4 is 28.6 Å². The van der Waals surface area contributed by atoms with Crippen molar-refractivity contribution in [1.82, 2.24) is 9.55 Å². The Labute approximate surface area is 197 Å². The van der Waals surface area contributed by atoms with Crippen LogP contribution < -0.4 is 5.32 Å². The fourth-order valence-corrected chi connectivity index (χ4v) is 5.58. The lowest BCUT2D eigenvalue weighted by atomic mass is 9.70. The fourth-order valence-electron chi connectivity index (χ4n) is 5.58. The summed E-state index contributed by atoms with van der Waals surface area (Å²) in [5.41, 5.74) is 5.70. The second-order valence-corrected chi connectivity index (χ2v) is 11.0. The van der Waals surface area contributed by atoms with Crippen molar-refractivity contribution in [1.29, 1.82) is 0 Å². The van der Waals surface area contributed by atoms with E-state index >= 15 is 0 Å². The zero-order valence-corrected chi connectivity index (χ0v) is 20.6. The number of imidazole rings is 1. The van der Waals surface area contributed by atoms with E-state index in [0.717, 1.165) is 41.1 Å².